The molecule has 5 nitrogen and oxygen atoms in total. The lowest BCUT2D eigenvalue weighted by atomic mass is 10.1. The molecule has 0 aliphatic rings. The molecule has 0 fully saturated rings. The van der Waals surface area contributed by atoms with Crippen LogP contribution in [0.4, 0.5) is 0 Å². The number of hydrogen-bond donors (Lipinski definition) is 3. The van der Waals surface area contributed by atoms with E-state index in [1.54, 1.807) is 24.2 Å². The predicted octanol–water partition coefficient (Wildman–Crippen LogP) is 1.23. The number of imidazole rings is 1. The molecule has 94 valence electrons. The molecule has 6 heteroatoms. The van der Waals surface area contributed by atoms with E-state index in [-0.39, 0.29) is 5.91 Å². The lowest BCUT2D eigenvalue weighted by Gasteiger charge is -2.07. The van der Waals surface area contributed by atoms with E-state index in [4.69, 9.17) is 5.84 Å². The number of nitrogens with two attached hydrogens (primary N) is 1. The maximum Gasteiger partial charge on any atom is 0.238 e. The highest BCUT2D eigenvalue weighted by atomic mass is 32.2. The summed E-state index contributed by atoms with van der Waals surface area (Å²) in [6.07, 6.45) is 3.80. The summed E-state index contributed by atoms with van der Waals surface area (Å²) in [7, 11) is 0. The first kappa shape index (κ1) is 12.7. The van der Waals surface area contributed by atoms with Gasteiger partial charge in [0.1, 0.15) is 0 Å². The molecule has 0 spiro atoms. The van der Waals surface area contributed by atoms with E-state index in [1.807, 2.05) is 24.3 Å². The number of carbonyl (C=O) groups is 1. The minimum absolute atomic E-state index is 0.189. The summed E-state index contributed by atoms with van der Waals surface area (Å²) in [6, 6.07) is 7.82. The Kier molecular flexibility index (Phi) is 4.38. The van der Waals surface area contributed by atoms with Gasteiger partial charge in [-0.2, -0.15) is 0 Å². The fourth-order valence-corrected chi connectivity index (χ4v) is 2.43. The van der Waals surface area contributed by atoms with Crippen LogP contribution in [-0.4, -0.2) is 15.9 Å². The smallest absolute Gasteiger partial charge is 0.238 e. The van der Waals surface area contributed by atoms with Crippen molar-refractivity contribution in [2.24, 2.45) is 5.84 Å². The number of hydrogen-bond acceptors (Lipinski definition) is 4. The van der Waals surface area contributed by atoms with Crippen molar-refractivity contribution in [2.45, 2.75) is 17.3 Å². The van der Waals surface area contributed by atoms with Gasteiger partial charge in [0.2, 0.25) is 5.91 Å². The number of nitrogens with zero attached hydrogens (tertiary/aromatic N) is 1. The number of thioether (sulfide) groups is 1. The van der Waals surface area contributed by atoms with Crippen LogP contribution in [-0.2, 0) is 17.0 Å². The van der Waals surface area contributed by atoms with Crippen LogP contribution in [0.3, 0.4) is 0 Å². The quantitative estimate of drug-likeness (QED) is 0.327. The fraction of sp³-hybridized carbons (Fsp3) is 0.167. The van der Waals surface area contributed by atoms with Crippen LogP contribution in [0.2, 0.25) is 0 Å². The molecular weight excluding hydrogens is 248 g/mol. The average molecular weight is 262 g/mol. The van der Waals surface area contributed by atoms with Crippen molar-refractivity contribution in [3.8, 4) is 0 Å². The van der Waals surface area contributed by atoms with Gasteiger partial charge in [-0.25, -0.2) is 10.8 Å². The third-order valence-electron chi connectivity index (χ3n) is 2.47. The number of carbonyl (C=O) groups excluding carboxylic acids is 1. The third-order valence-corrected chi connectivity index (χ3v) is 3.42. The third kappa shape index (κ3) is 3.35. The number of benzene rings is 1. The normalized spacial score (nSPS) is 10.3. The number of amides is 1. The van der Waals surface area contributed by atoms with Crippen molar-refractivity contribution in [3.05, 3.63) is 47.8 Å². The standard InChI is InChI=1S/C12H14N4OS/c13-16-11(17)7-9-3-1-2-4-10(9)8-18-12-14-5-6-15-12/h1-6H,7-8,13H2,(H,14,15)(H,16,17). The van der Waals surface area contributed by atoms with Gasteiger partial charge in [-0.1, -0.05) is 36.0 Å². The van der Waals surface area contributed by atoms with Crippen LogP contribution in [0.1, 0.15) is 11.1 Å². The summed E-state index contributed by atoms with van der Waals surface area (Å²) in [6.45, 7) is 0. The van der Waals surface area contributed by atoms with Gasteiger partial charge < -0.3 is 4.98 Å². The van der Waals surface area contributed by atoms with Gasteiger partial charge in [0.25, 0.3) is 0 Å². The Labute approximate surface area is 109 Å². The second kappa shape index (κ2) is 6.23. The minimum Gasteiger partial charge on any atom is -0.340 e. The summed E-state index contributed by atoms with van der Waals surface area (Å²) in [5, 5.41) is 0.869. The molecule has 0 saturated carbocycles. The molecule has 0 aliphatic carbocycles. The van der Waals surface area contributed by atoms with Gasteiger partial charge in [0.15, 0.2) is 5.16 Å². The Morgan fingerprint density at radius 3 is 2.83 bits per heavy atom. The van der Waals surface area contributed by atoms with Gasteiger partial charge >= 0.3 is 0 Å². The largest absolute Gasteiger partial charge is 0.340 e. The molecule has 1 amide bonds. The van der Waals surface area contributed by atoms with Gasteiger partial charge in [0.05, 0.1) is 6.42 Å². The molecule has 2 rings (SSSR count). The summed E-state index contributed by atoms with van der Waals surface area (Å²) in [5.41, 5.74) is 4.25. The van der Waals surface area contributed by atoms with Crippen molar-refractivity contribution in [2.75, 3.05) is 0 Å². The zero-order chi connectivity index (χ0) is 12.8. The molecule has 0 atom stereocenters. The van der Waals surface area contributed by atoms with Crippen molar-refractivity contribution < 1.29 is 4.79 Å². The number of aromatic nitrogens is 2. The van der Waals surface area contributed by atoms with Crippen LogP contribution in [0.15, 0.2) is 41.8 Å². The first-order valence-electron chi connectivity index (χ1n) is 5.48. The Morgan fingerprint density at radius 1 is 1.39 bits per heavy atom. The number of nitrogens with one attached hydrogen (secondary N) is 2. The number of H-pyrrole nitrogens is 1. The average Bonchev–Trinajstić information content (AvgIpc) is 2.91. The zero-order valence-corrected chi connectivity index (χ0v) is 10.5. The van der Waals surface area contributed by atoms with Crippen LogP contribution < -0.4 is 11.3 Å². The highest BCUT2D eigenvalue weighted by molar-refractivity contribution is 7.98. The fourth-order valence-electron chi connectivity index (χ4n) is 1.57. The molecular formula is C12H14N4OS. The van der Waals surface area contributed by atoms with E-state index in [1.165, 1.54) is 0 Å². The molecule has 0 saturated heterocycles. The lowest BCUT2D eigenvalue weighted by Crippen LogP contribution is -2.31. The van der Waals surface area contributed by atoms with E-state index in [9.17, 15) is 4.79 Å². The Bertz CT molecular complexity index is 513. The second-order valence-corrected chi connectivity index (χ2v) is 4.66. The molecule has 0 bridgehead atoms. The van der Waals surface area contributed by atoms with Crippen molar-refractivity contribution in [1.29, 1.82) is 0 Å². The number of rotatable bonds is 5. The molecule has 2 aromatic rings. The first-order chi connectivity index (χ1) is 8.79. The van der Waals surface area contributed by atoms with Gasteiger partial charge in [0, 0.05) is 18.1 Å². The van der Waals surface area contributed by atoms with E-state index in [0.29, 0.717) is 6.42 Å². The Morgan fingerprint density at radius 2 is 2.17 bits per heavy atom. The summed E-state index contributed by atoms with van der Waals surface area (Å²) >= 11 is 1.60. The lowest BCUT2D eigenvalue weighted by molar-refractivity contribution is -0.120. The maximum absolute atomic E-state index is 11.3. The molecule has 0 radical (unpaired) electrons. The van der Waals surface area contributed by atoms with Crippen molar-refractivity contribution in [3.63, 3.8) is 0 Å². The monoisotopic (exact) mass is 262 g/mol. The highest BCUT2D eigenvalue weighted by Gasteiger charge is 2.07. The van der Waals surface area contributed by atoms with Crippen molar-refractivity contribution in [1.82, 2.24) is 15.4 Å². The minimum atomic E-state index is -0.189. The summed E-state index contributed by atoms with van der Waals surface area (Å²) in [4.78, 5) is 18.5. The molecule has 1 aromatic heterocycles. The molecule has 18 heavy (non-hydrogen) atoms. The summed E-state index contributed by atoms with van der Waals surface area (Å²) in [5.74, 6) is 5.68. The molecule has 0 unspecified atom stereocenters. The van der Waals surface area contributed by atoms with Crippen LogP contribution in [0.5, 0.6) is 0 Å². The predicted molar refractivity (Wildman–Crippen MR) is 70.6 cm³/mol. The molecule has 1 heterocycles. The van der Waals surface area contributed by atoms with Gasteiger partial charge in [-0.15, -0.1) is 0 Å². The Balaban J connectivity index is 2.05. The van der Waals surface area contributed by atoms with Gasteiger partial charge in [-0.05, 0) is 11.1 Å². The van der Waals surface area contributed by atoms with Crippen LogP contribution >= 0.6 is 11.8 Å². The van der Waals surface area contributed by atoms with E-state index in [0.717, 1.165) is 22.0 Å². The van der Waals surface area contributed by atoms with Crippen LogP contribution in [0, 0.1) is 0 Å². The summed E-state index contributed by atoms with van der Waals surface area (Å²) < 4.78 is 0. The molecule has 0 aliphatic heterocycles. The first-order valence-corrected chi connectivity index (χ1v) is 6.46. The van der Waals surface area contributed by atoms with E-state index in [2.05, 4.69) is 15.4 Å². The Hall–Kier alpha value is -1.79. The van der Waals surface area contributed by atoms with Gasteiger partial charge in [-0.3, -0.25) is 10.2 Å². The van der Waals surface area contributed by atoms with Crippen LogP contribution in [0.25, 0.3) is 0 Å². The molecule has 4 N–H and O–H groups in total. The zero-order valence-electron chi connectivity index (χ0n) is 9.72. The SMILES string of the molecule is NNC(=O)Cc1ccccc1CSc1ncc[nH]1. The topological polar surface area (TPSA) is 83.8 Å². The maximum atomic E-state index is 11.3. The van der Waals surface area contributed by atoms with E-state index >= 15 is 0 Å². The van der Waals surface area contributed by atoms with Crippen molar-refractivity contribution >= 4 is 17.7 Å². The molecule has 1 aromatic carbocycles. The second-order valence-electron chi connectivity index (χ2n) is 3.70. The highest BCUT2D eigenvalue weighted by Crippen LogP contribution is 2.21. The van der Waals surface area contributed by atoms with E-state index < -0.39 is 0 Å². The number of hydrazine groups is 1. The number of aromatic amines is 1.